The molecule has 0 heterocycles. The van der Waals surface area contributed by atoms with Gasteiger partial charge >= 0.3 is 0 Å². The minimum Gasteiger partial charge on any atom is -0.397 e. The number of rotatable bonds is 6. The first-order chi connectivity index (χ1) is 9.31. The molecule has 0 amide bonds. The van der Waals surface area contributed by atoms with Gasteiger partial charge in [-0.15, -0.1) is 0 Å². The third-order valence-electron chi connectivity index (χ3n) is 2.79. The number of nitrogens with one attached hydrogen (secondary N) is 2. The molecule has 0 aliphatic rings. The van der Waals surface area contributed by atoms with E-state index >= 15 is 0 Å². The predicted octanol–water partition coefficient (Wildman–Crippen LogP) is 3.12. The van der Waals surface area contributed by atoms with Crippen molar-refractivity contribution >= 4 is 29.5 Å². The van der Waals surface area contributed by atoms with Crippen molar-refractivity contribution in [2.24, 2.45) is 4.99 Å². The van der Waals surface area contributed by atoms with E-state index in [2.05, 4.69) is 22.3 Å². The summed E-state index contributed by atoms with van der Waals surface area (Å²) >= 11 is 0. The number of benzene rings is 2. The number of nitrogens with two attached hydrogens (primary N) is 1. The average Bonchev–Trinajstić information content (AvgIpc) is 2.45. The van der Waals surface area contributed by atoms with E-state index < -0.39 is 0 Å². The fourth-order valence-corrected chi connectivity index (χ4v) is 1.81. The molecule has 0 spiro atoms. The van der Waals surface area contributed by atoms with E-state index in [1.807, 2.05) is 48.5 Å². The summed E-state index contributed by atoms with van der Waals surface area (Å²) in [5, 5.41) is 6.60. The molecule has 2 aromatic rings. The Kier molecular flexibility index (Phi) is 4.39. The molecule has 0 atom stereocenters. The van der Waals surface area contributed by atoms with Gasteiger partial charge in [-0.05, 0) is 31.0 Å². The van der Waals surface area contributed by atoms with Crippen LogP contribution < -0.4 is 16.4 Å². The van der Waals surface area contributed by atoms with Crippen molar-refractivity contribution in [1.82, 2.24) is 0 Å². The normalized spacial score (nSPS) is 9.89. The zero-order valence-electron chi connectivity index (χ0n) is 10.8. The van der Waals surface area contributed by atoms with E-state index in [0.29, 0.717) is 0 Å². The topological polar surface area (TPSA) is 62.4 Å². The first kappa shape index (κ1) is 13.0. The number of nitrogens with zero attached hydrogens (tertiary/aromatic N) is 1. The van der Waals surface area contributed by atoms with Crippen molar-refractivity contribution in [3.8, 4) is 0 Å². The van der Waals surface area contributed by atoms with E-state index in [1.165, 1.54) is 0 Å². The van der Waals surface area contributed by atoms with Gasteiger partial charge < -0.3 is 16.4 Å². The van der Waals surface area contributed by atoms with E-state index in [1.54, 1.807) is 0 Å². The van der Waals surface area contributed by atoms with Crippen LogP contribution in [0.3, 0.4) is 0 Å². The molecule has 2 aromatic carbocycles. The van der Waals surface area contributed by atoms with Gasteiger partial charge in [0.15, 0.2) is 0 Å². The highest BCUT2D eigenvalue weighted by Gasteiger charge is 1.99. The summed E-state index contributed by atoms with van der Waals surface area (Å²) in [5.74, 6) is 0. The van der Waals surface area contributed by atoms with Gasteiger partial charge in [-0.3, -0.25) is 4.99 Å². The van der Waals surface area contributed by atoms with Crippen molar-refractivity contribution in [2.45, 2.75) is 0 Å². The summed E-state index contributed by atoms with van der Waals surface area (Å²) in [7, 11) is 0. The van der Waals surface area contributed by atoms with Crippen LogP contribution in [0.2, 0.25) is 0 Å². The molecule has 0 saturated carbocycles. The minimum absolute atomic E-state index is 0.760. The summed E-state index contributed by atoms with van der Waals surface area (Å²) in [5.41, 5.74) is 9.42. The van der Waals surface area contributed by atoms with Gasteiger partial charge in [0.1, 0.15) is 0 Å². The van der Waals surface area contributed by atoms with E-state index in [-0.39, 0.29) is 0 Å². The Labute approximate surface area is 113 Å². The molecule has 0 aromatic heterocycles. The Bertz CT molecular complexity index is 551. The summed E-state index contributed by atoms with van der Waals surface area (Å²) in [6.45, 7) is 5.11. The van der Waals surface area contributed by atoms with E-state index in [9.17, 15) is 0 Å². The first-order valence-electron chi connectivity index (χ1n) is 6.19. The second-order valence-electron chi connectivity index (χ2n) is 4.12. The number of para-hydroxylation sites is 4. The van der Waals surface area contributed by atoms with Crippen LogP contribution in [-0.4, -0.2) is 19.8 Å². The molecule has 4 nitrogen and oxygen atoms in total. The lowest BCUT2D eigenvalue weighted by atomic mass is 10.2. The second-order valence-corrected chi connectivity index (χ2v) is 4.12. The predicted molar refractivity (Wildman–Crippen MR) is 83.5 cm³/mol. The van der Waals surface area contributed by atoms with E-state index in [4.69, 9.17) is 5.73 Å². The third kappa shape index (κ3) is 3.48. The smallest absolute Gasteiger partial charge is 0.0853 e. The lowest BCUT2D eigenvalue weighted by Gasteiger charge is -2.11. The first-order valence-corrected chi connectivity index (χ1v) is 6.19. The molecule has 2 rings (SSSR count). The fourth-order valence-electron chi connectivity index (χ4n) is 1.81. The molecule has 19 heavy (non-hydrogen) atoms. The fraction of sp³-hybridized carbons (Fsp3) is 0.133. The van der Waals surface area contributed by atoms with Crippen LogP contribution in [0.4, 0.5) is 22.7 Å². The van der Waals surface area contributed by atoms with Crippen LogP contribution in [0.1, 0.15) is 0 Å². The van der Waals surface area contributed by atoms with Gasteiger partial charge in [0.05, 0.1) is 22.7 Å². The molecular weight excluding hydrogens is 236 g/mol. The molecule has 0 aliphatic carbocycles. The standard InChI is InChI=1S/C15H18N4/c1-17-14-8-4-5-9-15(14)19-11-10-18-13-7-3-2-6-12(13)16/h2-9,18-19H,1,10-11,16H2. The SMILES string of the molecule is C=Nc1ccccc1NCCNc1ccccc1N. The van der Waals surface area contributed by atoms with Gasteiger partial charge in [-0.1, -0.05) is 24.3 Å². The molecule has 0 saturated heterocycles. The molecule has 0 fully saturated rings. The number of nitrogen functional groups attached to an aromatic ring is 1. The Morgan fingerprint density at radius 2 is 1.47 bits per heavy atom. The highest BCUT2D eigenvalue weighted by molar-refractivity contribution is 5.68. The van der Waals surface area contributed by atoms with E-state index in [0.717, 1.165) is 35.8 Å². The van der Waals surface area contributed by atoms with Gasteiger partial charge in [-0.2, -0.15) is 0 Å². The van der Waals surface area contributed by atoms with Crippen molar-refractivity contribution < 1.29 is 0 Å². The largest absolute Gasteiger partial charge is 0.397 e. The Hall–Kier alpha value is -2.49. The van der Waals surface area contributed by atoms with Crippen LogP contribution in [0, 0.1) is 0 Å². The molecule has 0 unspecified atom stereocenters. The van der Waals surface area contributed by atoms with Crippen molar-refractivity contribution in [2.75, 3.05) is 29.5 Å². The lowest BCUT2D eigenvalue weighted by Crippen LogP contribution is -2.14. The number of hydrogen-bond donors (Lipinski definition) is 3. The maximum Gasteiger partial charge on any atom is 0.0853 e. The average molecular weight is 254 g/mol. The van der Waals surface area contributed by atoms with Crippen LogP contribution in [0.5, 0.6) is 0 Å². The van der Waals surface area contributed by atoms with Crippen LogP contribution in [0.25, 0.3) is 0 Å². The monoisotopic (exact) mass is 254 g/mol. The highest BCUT2D eigenvalue weighted by atomic mass is 15.0. The van der Waals surface area contributed by atoms with Gasteiger partial charge in [0, 0.05) is 13.1 Å². The number of anilines is 3. The highest BCUT2D eigenvalue weighted by Crippen LogP contribution is 2.23. The van der Waals surface area contributed by atoms with Crippen LogP contribution >= 0.6 is 0 Å². The molecule has 0 bridgehead atoms. The summed E-state index contributed by atoms with van der Waals surface area (Å²) in [6.07, 6.45) is 0. The maximum atomic E-state index is 5.85. The molecule has 98 valence electrons. The van der Waals surface area contributed by atoms with Crippen LogP contribution in [0.15, 0.2) is 53.5 Å². The quantitative estimate of drug-likeness (QED) is 0.421. The zero-order chi connectivity index (χ0) is 13.5. The van der Waals surface area contributed by atoms with Crippen molar-refractivity contribution in [1.29, 1.82) is 0 Å². The Morgan fingerprint density at radius 1 is 0.895 bits per heavy atom. The maximum absolute atomic E-state index is 5.85. The van der Waals surface area contributed by atoms with Crippen molar-refractivity contribution in [3.63, 3.8) is 0 Å². The Morgan fingerprint density at radius 3 is 2.16 bits per heavy atom. The van der Waals surface area contributed by atoms with Gasteiger partial charge in [-0.25, -0.2) is 0 Å². The number of hydrogen-bond acceptors (Lipinski definition) is 4. The van der Waals surface area contributed by atoms with Crippen LogP contribution in [-0.2, 0) is 0 Å². The molecule has 4 heteroatoms. The molecule has 4 N–H and O–H groups in total. The summed E-state index contributed by atoms with van der Waals surface area (Å²) < 4.78 is 0. The van der Waals surface area contributed by atoms with Crippen molar-refractivity contribution in [3.05, 3.63) is 48.5 Å². The lowest BCUT2D eigenvalue weighted by molar-refractivity contribution is 1.08. The Balaban J connectivity index is 1.84. The second kappa shape index (κ2) is 6.44. The summed E-state index contributed by atoms with van der Waals surface area (Å²) in [6, 6.07) is 15.6. The zero-order valence-corrected chi connectivity index (χ0v) is 10.8. The summed E-state index contributed by atoms with van der Waals surface area (Å²) in [4.78, 5) is 3.97. The molecular formula is C15H18N4. The third-order valence-corrected chi connectivity index (χ3v) is 2.79. The molecule has 0 radical (unpaired) electrons. The number of aliphatic imine (C=N–C) groups is 1. The minimum atomic E-state index is 0.760. The molecule has 0 aliphatic heterocycles. The van der Waals surface area contributed by atoms with Gasteiger partial charge in [0.2, 0.25) is 0 Å². The van der Waals surface area contributed by atoms with Gasteiger partial charge in [0.25, 0.3) is 0 Å².